The van der Waals surface area contributed by atoms with Gasteiger partial charge in [0, 0.05) is 17.3 Å². The maximum atomic E-state index is 14.0. The van der Waals surface area contributed by atoms with Crippen LogP contribution >= 0.6 is 11.6 Å². The maximum Gasteiger partial charge on any atom is 0.434 e. The molecule has 3 aromatic heterocycles. The Hall–Kier alpha value is -4.32. The van der Waals surface area contributed by atoms with Crippen LogP contribution in [0.25, 0.3) is 16.6 Å². The third-order valence-corrected chi connectivity index (χ3v) is 4.97. The van der Waals surface area contributed by atoms with Gasteiger partial charge in [-0.1, -0.05) is 35.9 Å². The molecule has 0 aliphatic heterocycles. The Morgan fingerprint density at radius 1 is 1.20 bits per heavy atom. The Balaban J connectivity index is 1.70. The number of halogens is 4. The van der Waals surface area contributed by atoms with Gasteiger partial charge in [0.1, 0.15) is 0 Å². The summed E-state index contributed by atoms with van der Waals surface area (Å²) in [6.07, 6.45) is -0.458. The van der Waals surface area contributed by atoms with Gasteiger partial charge in [-0.25, -0.2) is 15.0 Å². The van der Waals surface area contributed by atoms with Gasteiger partial charge in [0.25, 0.3) is 5.91 Å². The van der Waals surface area contributed by atoms with Gasteiger partial charge in [0.2, 0.25) is 0 Å². The topological polar surface area (TPSA) is 124 Å². The lowest BCUT2D eigenvalue weighted by Gasteiger charge is -2.15. The van der Waals surface area contributed by atoms with Crippen molar-refractivity contribution in [3.63, 3.8) is 0 Å². The van der Waals surface area contributed by atoms with E-state index in [4.69, 9.17) is 17.3 Å². The summed E-state index contributed by atoms with van der Waals surface area (Å²) in [6.45, 7) is 1.63. The van der Waals surface area contributed by atoms with E-state index in [0.717, 1.165) is 4.80 Å². The Bertz CT molecular complexity index is 1470. The summed E-state index contributed by atoms with van der Waals surface area (Å²) >= 11 is 6.16. The van der Waals surface area contributed by atoms with Crippen LogP contribution in [0.1, 0.15) is 5.69 Å². The summed E-state index contributed by atoms with van der Waals surface area (Å²) in [6, 6.07) is 9.71. The molecule has 0 saturated carbocycles. The molecule has 178 valence electrons. The summed E-state index contributed by atoms with van der Waals surface area (Å²) in [5.41, 5.74) is 3.53. The maximum absolute atomic E-state index is 14.0. The molecular weight excluding hydrogens is 485 g/mol. The normalized spacial score (nSPS) is 12.7. The van der Waals surface area contributed by atoms with Crippen molar-refractivity contribution in [2.75, 3.05) is 5.32 Å². The van der Waals surface area contributed by atoms with Crippen molar-refractivity contribution < 1.29 is 18.0 Å². The first kappa shape index (κ1) is 23.8. The molecule has 3 N–H and O–H groups in total. The molecule has 9 nitrogen and oxygen atoms in total. The van der Waals surface area contributed by atoms with Crippen LogP contribution in [-0.4, -0.2) is 42.8 Å². The van der Waals surface area contributed by atoms with E-state index in [1.54, 1.807) is 37.3 Å². The highest BCUT2D eigenvalue weighted by Gasteiger charge is 2.41. The Morgan fingerprint density at radius 2 is 1.91 bits per heavy atom. The molecule has 1 amide bonds. The van der Waals surface area contributed by atoms with Gasteiger partial charge in [-0.2, -0.15) is 23.4 Å². The summed E-state index contributed by atoms with van der Waals surface area (Å²) < 4.78 is 42.1. The molecular formula is C22H16ClF3N8O. The van der Waals surface area contributed by atoms with Crippen molar-refractivity contribution in [1.82, 2.24) is 25.0 Å². The van der Waals surface area contributed by atoms with E-state index < -0.39 is 23.4 Å². The minimum Gasteiger partial charge on any atom is -0.404 e. The average Bonchev–Trinajstić information content (AvgIpc) is 3.33. The predicted octanol–water partition coefficient (Wildman–Crippen LogP) is 4.29. The van der Waals surface area contributed by atoms with Crippen molar-refractivity contribution in [2.24, 2.45) is 10.7 Å². The smallest absolute Gasteiger partial charge is 0.404 e. The third kappa shape index (κ3) is 5.11. The van der Waals surface area contributed by atoms with Crippen LogP contribution in [0.5, 0.6) is 0 Å². The van der Waals surface area contributed by atoms with E-state index in [2.05, 4.69) is 30.5 Å². The van der Waals surface area contributed by atoms with Crippen molar-refractivity contribution in [1.29, 1.82) is 0 Å². The summed E-state index contributed by atoms with van der Waals surface area (Å²) in [5, 5.41) is 11.2. The van der Waals surface area contributed by atoms with Gasteiger partial charge in [-0.3, -0.25) is 4.79 Å². The van der Waals surface area contributed by atoms with Crippen LogP contribution in [0.15, 0.2) is 71.8 Å². The van der Waals surface area contributed by atoms with Crippen LogP contribution in [-0.2, 0) is 4.79 Å². The van der Waals surface area contributed by atoms with Crippen molar-refractivity contribution >= 4 is 45.5 Å². The number of nitrogens with one attached hydrogen (secondary N) is 1. The van der Waals surface area contributed by atoms with E-state index >= 15 is 0 Å². The van der Waals surface area contributed by atoms with Crippen LogP contribution < -0.4 is 11.1 Å². The molecule has 3 heterocycles. The molecule has 0 aliphatic carbocycles. The molecule has 0 radical (unpaired) electrons. The van der Waals surface area contributed by atoms with Gasteiger partial charge in [-0.15, -0.1) is 4.80 Å². The molecule has 0 fully saturated rings. The second kappa shape index (κ2) is 9.50. The summed E-state index contributed by atoms with van der Waals surface area (Å²) in [4.78, 5) is 25.9. The third-order valence-electron chi connectivity index (χ3n) is 4.69. The number of anilines is 1. The van der Waals surface area contributed by atoms with Crippen molar-refractivity contribution in [3.05, 3.63) is 77.5 Å². The zero-order valence-electron chi connectivity index (χ0n) is 18.0. The van der Waals surface area contributed by atoms with Gasteiger partial charge in [0.05, 0.1) is 34.9 Å². The number of hydrogen-bond donors (Lipinski definition) is 2. The van der Waals surface area contributed by atoms with Gasteiger partial charge in [0.15, 0.2) is 17.3 Å². The van der Waals surface area contributed by atoms with Crippen LogP contribution in [0, 0.1) is 6.92 Å². The molecule has 4 rings (SSSR count). The van der Waals surface area contributed by atoms with Gasteiger partial charge >= 0.3 is 6.18 Å². The number of alkyl halides is 3. The molecule has 0 aliphatic rings. The number of hydrogen-bond acceptors (Lipinski definition) is 7. The lowest BCUT2D eigenvalue weighted by molar-refractivity contribution is -0.113. The first-order valence-electron chi connectivity index (χ1n) is 9.95. The molecule has 35 heavy (non-hydrogen) atoms. The van der Waals surface area contributed by atoms with E-state index in [-0.39, 0.29) is 22.3 Å². The highest BCUT2D eigenvalue weighted by atomic mass is 35.5. The lowest BCUT2D eigenvalue weighted by Crippen LogP contribution is -2.32. The van der Waals surface area contributed by atoms with Crippen molar-refractivity contribution in [3.8, 4) is 5.82 Å². The summed E-state index contributed by atoms with van der Waals surface area (Å²) in [5.74, 6) is -1.19. The van der Waals surface area contributed by atoms with E-state index in [1.807, 2.05) is 0 Å². The molecule has 13 heteroatoms. The number of benzene rings is 1. The van der Waals surface area contributed by atoms with Gasteiger partial charge < -0.3 is 11.1 Å². The second-order valence-corrected chi connectivity index (χ2v) is 7.56. The number of aryl methyl sites for hydroxylation is 1. The minimum atomic E-state index is -5.01. The Labute approximate surface area is 201 Å². The van der Waals surface area contributed by atoms with Crippen LogP contribution in [0.4, 0.5) is 24.7 Å². The average molecular weight is 501 g/mol. The predicted molar refractivity (Wildman–Crippen MR) is 125 cm³/mol. The van der Waals surface area contributed by atoms with Gasteiger partial charge in [-0.05, 0) is 24.4 Å². The number of aliphatic imine (C=N–C) groups is 1. The monoisotopic (exact) mass is 500 g/mol. The molecule has 0 spiro atoms. The highest BCUT2D eigenvalue weighted by molar-refractivity contribution is 6.32. The Kier molecular flexibility index (Phi) is 6.47. The number of fused-ring (bicyclic) bond motifs is 1. The largest absolute Gasteiger partial charge is 0.434 e. The number of rotatable bonds is 5. The second-order valence-electron chi connectivity index (χ2n) is 7.15. The quantitative estimate of drug-likeness (QED) is 0.311. The molecule has 0 atom stereocenters. The van der Waals surface area contributed by atoms with Crippen LogP contribution in [0.2, 0.25) is 5.02 Å². The number of pyridine rings is 2. The highest BCUT2D eigenvalue weighted by Crippen LogP contribution is 2.30. The number of nitrogens with two attached hydrogens (primary N) is 1. The molecule has 0 saturated heterocycles. The van der Waals surface area contributed by atoms with E-state index in [1.165, 1.54) is 24.7 Å². The van der Waals surface area contributed by atoms with Crippen molar-refractivity contribution in [2.45, 2.75) is 13.1 Å². The fourth-order valence-corrected chi connectivity index (χ4v) is 3.45. The molecule has 4 aromatic rings. The zero-order valence-corrected chi connectivity index (χ0v) is 18.7. The number of aromatic nitrogens is 5. The van der Waals surface area contributed by atoms with E-state index in [0.29, 0.717) is 22.7 Å². The first-order valence-corrected chi connectivity index (χ1v) is 10.3. The van der Waals surface area contributed by atoms with E-state index in [9.17, 15) is 18.0 Å². The number of amides is 1. The summed E-state index contributed by atoms with van der Waals surface area (Å²) in [7, 11) is 0. The lowest BCUT2D eigenvalue weighted by atomic mass is 10.1. The first-order chi connectivity index (χ1) is 16.7. The molecule has 0 bridgehead atoms. The zero-order chi connectivity index (χ0) is 25.2. The number of carbonyl (C=O) groups is 1. The minimum absolute atomic E-state index is 0.0240. The number of nitrogens with zero attached hydrogens (tertiary/aromatic N) is 6. The molecule has 1 aromatic carbocycles. The van der Waals surface area contributed by atoms with Crippen LogP contribution in [0.3, 0.4) is 0 Å². The number of carbonyl (C=O) groups excluding carboxylic acids is 1. The Morgan fingerprint density at radius 3 is 2.57 bits per heavy atom. The standard InChI is InChI=1S/C22H16ClF3N8O/c1-12-8-13-4-2-3-5-15(13)19(31-12)33-18(22(24,25)26)16(10-27)21(35)32-14-9-17(23)20(28-11-14)34-29-6-7-30-34/h2-11H,27H2,1H3,(H,32,35). The molecule has 0 unspecified atom stereocenters. The fraction of sp³-hybridized carbons (Fsp3) is 0.0909. The SMILES string of the molecule is Cc1cc2ccccc2c(N=C(C(=CN)C(=O)Nc2cnc(-n3nccn3)c(Cl)c2)C(F)(F)F)n1. The fourth-order valence-electron chi connectivity index (χ4n) is 3.21.